The zero-order chi connectivity index (χ0) is 22.8. The van der Waals surface area contributed by atoms with Gasteiger partial charge in [0, 0.05) is 37.5 Å². The van der Waals surface area contributed by atoms with Gasteiger partial charge in [-0.3, -0.25) is 19.4 Å². The highest BCUT2D eigenvalue weighted by molar-refractivity contribution is 6.06. The van der Waals surface area contributed by atoms with Crippen molar-refractivity contribution in [2.45, 2.75) is 26.3 Å². The molecule has 10 nitrogen and oxygen atoms in total. The molecular formula is C22H21N7O3. The Kier molecular flexibility index (Phi) is 5.64. The third kappa shape index (κ3) is 3.92. The van der Waals surface area contributed by atoms with E-state index in [0.717, 1.165) is 0 Å². The first-order chi connectivity index (χ1) is 15.4. The fraction of sp³-hybridized carbons (Fsp3) is 0.318. The van der Waals surface area contributed by atoms with Gasteiger partial charge in [-0.15, -0.1) is 0 Å². The number of Topliss-reactive ketones (excluding diaryl/α,β-unsaturated/α-hetero) is 1. The van der Waals surface area contributed by atoms with Crippen LogP contribution in [-0.4, -0.2) is 61.6 Å². The second-order valence-electron chi connectivity index (χ2n) is 7.63. The average Bonchev–Trinajstić information content (AvgIpc) is 3.21. The minimum absolute atomic E-state index is 0.00801. The molecule has 1 fully saturated rings. The Labute approximate surface area is 183 Å². The van der Waals surface area contributed by atoms with Crippen LogP contribution in [0.4, 0.5) is 0 Å². The maximum Gasteiger partial charge on any atom is 0.255 e. The number of amides is 2. The summed E-state index contributed by atoms with van der Waals surface area (Å²) in [4.78, 5) is 54.8. The van der Waals surface area contributed by atoms with E-state index >= 15 is 0 Å². The number of carbonyl (C=O) groups excluding carboxylic acids is 3. The average molecular weight is 431 g/mol. The molecule has 32 heavy (non-hydrogen) atoms. The SMILES string of the molecule is CCC(=O)c1ccnc(-c2cnc3[nH]cc(C(=O)N[C@H](C)C(=O)N4CC(C#N)C4)c3n2)c1. The summed E-state index contributed by atoms with van der Waals surface area (Å²) in [5.41, 5.74) is 2.42. The van der Waals surface area contributed by atoms with Crippen molar-refractivity contribution in [3.05, 3.63) is 41.9 Å². The van der Waals surface area contributed by atoms with Gasteiger partial charge in [0.2, 0.25) is 5.91 Å². The number of hydrogen-bond donors (Lipinski definition) is 2. The second-order valence-corrected chi connectivity index (χ2v) is 7.63. The van der Waals surface area contributed by atoms with E-state index < -0.39 is 11.9 Å². The molecule has 0 saturated carbocycles. The van der Waals surface area contributed by atoms with Crippen LogP contribution < -0.4 is 5.32 Å². The Morgan fingerprint density at radius 3 is 2.81 bits per heavy atom. The summed E-state index contributed by atoms with van der Waals surface area (Å²) in [7, 11) is 0. The minimum Gasteiger partial charge on any atom is -0.344 e. The second kappa shape index (κ2) is 8.55. The van der Waals surface area contributed by atoms with Crippen molar-refractivity contribution in [3.8, 4) is 17.5 Å². The summed E-state index contributed by atoms with van der Waals surface area (Å²) < 4.78 is 0. The smallest absolute Gasteiger partial charge is 0.255 e. The molecule has 2 amide bonds. The summed E-state index contributed by atoms with van der Waals surface area (Å²) >= 11 is 0. The molecule has 0 unspecified atom stereocenters. The first-order valence-electron chi connectivity index (χ1n) is 10.2. The highest BCUT2D eigenvalue weighted by Crippen LogP contribution is 2.21. The van der Waals surface area contributed by atoms with Gasteiger partial charge in [0.25, 0.3) is 5.91 Å². The van der Waals surface area contributed by atoms with Gasteiger partial charge in [-0.2, -0.15) is 5.26 Å². The van der Waals surface area contributed by atoms with E-state index in [0.29, 0.717) is 47.6 Å². The number of hydrogen-bond acceptors (Lipinski definition) is 7. The minimum atomic E-state index is -0.748. The van der Waals surface area contributed by atoms with Crippen molar-refractivity contribution >= 4 is 28.8 Å². The number of aromatic nitrogens is 4. The van der Waals surface area contributed by atoms with Gasteiger partial charge < -0.3 is 15.2 Å². The largest absolute Gasteiger partial charge is 0.344 e. The Balaban J connectivity index is 1.55. The summed E-state index contributed by atoms with van der Waals surface area (Å²) in [6.07, 6.45) is 4.92. The molecule has 0 aliphatic carbocycles. The van der Waals surface area contributed by atoms with Crippen molar-refractivity contribution in [1.29, 1.82) is 5.26 Å². The quantitative estimate of drug-likeness (QED) is 0.565. The molecule has 10 heteroatoms. The topological polar surface area (TPSA) is 145 Å². The molecule has 1 saturated heterocycles. The summed E-state index contributed by atoms with van der Waals surface area (Å²) in [5.74, 6) is -0.864. The van der Waals surface area contributed by atoms with Crippen LogP contribution in [0.2, 0.25) is 0 Å². The van der Waals surface area contributed by atoms with Crippen LogP contribution in [0.25, 0.3) is 22.6 Å². The first-order valence-corrected chi connectivity index (χ1v) is 10.2. The molecule has 3 aromatic rings. The van der Waals surface area contributed by atoms with Gasteiger partial charge in [0.1, 0.15) is 17.3 Å². The van der Waals surface area contributed by atoms with Crippen LogP contribution in [0.3, 0.4) is 0 Å². The van der Waals surface area contributed by atoms with Crippen molar-refractivity contribution in [1.82, 2.24) is 30.2 Å². The van der Waals surface area contributed by atoms with E-state index in [1.807, 2.05) is 0 Å². The third-order valence-electron chi connectivity index (χ3n) is 5.38. The zero-order valence-corrected chi connectivity index (χ0v) is 17.6. The van der Waals surface area contributed by atoms with Gasteiger partial charge >= 0.3 is 0 Å². The molecule has 162 valence electrons. The number of pyridine rings is 1. The molecule has 0 bridgehead atoms. The summed E-state index contributed by atoms with van der Waals surface area (Å²) in [6, 6.07) is 4.66. The number of rotatable bonds is 6. The highest BCUT2D eigenvalue weighted by atomic mass is 16.2. The van der Waals surface area contributed by atoms with Crippen molar-refractivity contribution < 1.29 is 14.4 Å². The predicted octanol–water partition coefficient (Wildman–Crippen LogP) is 1.71. The molecule has 3 aromatic heterocycles. The van der Waals surface area contributed by atoms with E-state index in [4.69, 9.17) is 5.26 Å². The number of likely N-dealkylation sites (tertiary alicyclic amines) is 1. The van der Waals surface area contributed by atoms with Crippen LogP contribution in [0, 0.1) is 17.2 Å². The maximum atomic E-state index is 12.8. The van der Waals surface area contributed by atoms with Gasteiger partial charge in [0.05, 0.1) is 29.4 Å². The molecule has 1 aliphatic heterocycles. The van der Waals surface area contributed by atoms with Crippen molar-refractivity contribution in [2.24, 2.45) is 5.92 Å². The highest BCUT2D eigenvalue weighted by Gasteiger charge is 2.33. The third-order valence-corrected chi connectivity index (χ3v) is 5.38. The normalized spacial score (nSPS) is 14.5. The molecule has 2 N–H and O–H groups in total. The lowest BCUT2D eigenvalue weighted by molar-refractivity contribution is -0.137. The Morgan fingerprint density at radius 2 is 2.09 bits per heavy atom. The van der Waals surface area contributed by atoms with Crippen LogP contribution in [-0.2, 0) is 4.79 Å². The molecular weight excluding hydrogens is 410 g/mol. The fourth-order valence-electron chi connectivity index (χ4n) is 3.49. The van der Waals surface area contributed by atoms with Crippen LogP contribution in [0.5, 0.6) is 0 Å². The molecule has 1 atom stereocenters. The van der Waals surface area contributed by atoms with E-state index in [-0.39, 0.29) is 23.2 Å². The van der Waals surface area contributed by atoms with Crippen LogP contribution >= 0.6 is 0 Å². The van der Waals surface area contributed by atoms with Gasteiger partial charge in [-0.1, -0.05) is 6.92 Å². The van der Waals surface area contributed by atoms with Gasteiger partial charge in [0.15, 0.2) is 11.4 Å². The van der Waals surface area contributed by atoms with E-state index in [2.05, 4.69) is 31.3 Å². The number of ketones is 1. The molecule has 0 spiro atoms. The Bertz CT molecular complexity index is 1250. The number of fused-ring (bicyclic) bond motifs is 1. The first kappa shape index (κ1) is 21.1. The van der Waals surface area contributed by atoms with Gasteiger partial charge in [-0.05, 0) is 19.1 Å². The Morgan fingerprint density at radius 1 is 1.31 bits per heavy atom. The van der Waals surface area contributed by atoms with Gasteiger partial charge in [-0.25, -0.2) is 9.97 Å². The number of nitrogens with one attached hydrogen (secondary N) is 2. The van der Waals surface area contributed by atoms with E-state index in [9.17, 15) is 14.4 Å². The maximum absolute atomic E-state index is 12.8. The summed E-state index contributed by atoms with van der Waals surface area (Å²) in [6.45, 7) is 4.15. The van der Waals surface area contributed by atoms with E-state index in [1.54, 1.807) is 30.9 Å². The fourth-order valence-corrected chi connectivity index (χ4v) is 3.49. The monoisotopic (exact) mass is 431 g/mol. The Hall–Kier alpha value is -4.13. The lowest BCUT2D eigenvalue weighted by atomic mass is 10.0. The molecule has 4 rings (SSSR count). The molecule has 4 heterocycles. The van der Waals surface area contributed by atoms with Crippen molar-refractivity contribution in [2.75, 3.05) is 13.1 Å². The number of nitriles is 1. The standard InChI is InChI=1S/C22H21N7O3/c1-3-18(30)14-4-5-24-16(6-14)17-9-26-20-19(28-17)15(8-25-20)21(31)27-12(2)22(32)29-10-13(7-23)11-29/h4-6,8-9,12-13H,3,10-11H2,1-2H3,(H,25,26)(H,27,31)/t12-/m1/s1. The van der Waals surface area contributed by atoms with Crippen LogP contribution in [0.1, 0.15) is 41.0 Å². The zero-order valence-electron chi connectivity index (χ0n) is 17.6. The molecule has 1 aliphatic rings. The molecule has 0 aromatic carbocycles. The van der Waals surface area contributed by atoms with E-state index in [1.165, 1.54) is 18.6 Å². The number of aromatic amines is 1. The summed E-state index contributed by atoms with van der Waals surface area (Å²) in [5, 5.41) is 11.5. The number of H-pyrrole nitrogens is 1. The predicted molar refractivity (Wildman–Crippen MR) is 114 cm³/mol. The molecule has 0 radical (unpaired) electrons. The number of carbonyl (C=O) groups is 3. The number of nitrogens with zero attached hydrogens (tertiary/aromatic N) is 5. The lowest BCUT2D eigenvalue weighted by Crippen LogP contribution is -2.55. The van der Waals surface area contributed by atoms with Crippen LogP contribution in [0.15, 0.2) is 30.7 Å². The lowest BCUT2D eigenvalue weighted by Gasteiger charge is -2.37. The van der Waals surface area contributed by atoms with Crippen molar-refractivity contribution in [3.63, 3.8) is 0 Å².